The second-order valence-electron chi connectivity index (χ2n) is 8.73. The highest BCUT2D eigenvalue weighted by Crippen LogP contribution is 2.43. The molecule has 35 heavy (non-hydrogen) atoms. The molecule has 4 amide bonds. The van der Waals surface area contributed by atoms with Crippen molar-refractivity contribution in [3.63, 3.8) is 0 Å². The Kier molecular flexibility index (Phi) is 6.31. The van der Waals surface area contributed by atoms with Gasteiger partial charge in [-0.1, -0.05) is 36.4 Å². The SMILES string of the molecule is C[C@H](N(Cc1ccc(F)cc1)C(=O)CN1C(=O)NC2(CCC(O)c3ccccc32)C1=O)C(F)(F)F. The van der Waals surface area contributed by atoms with Crippen LogP contribution in [0.2, 0.25) is 0 Å². The zero-order chi connectivity index (χ0) is 25.5. The highest BCUT2D eigenvalue weighted by atomic mass is 19.4. The van der Waals surface area contributed by atoms with Crippen LogP contribution in [0.15, 0.2) is 48.5 Å². The maximum atomic E-state index is 13.5. The van der Waals surface area contributed by atoms with Gasteiger partial charge in [0.2, 0.25) is 5.91 Å². The van der Waals surface area contributed by atoms with Gasteiger partial charge in [-0.3, -0.25) is 14.5 Å². The number of halogens is 4. The van der Waals surface area contributed by atoms with Crippen molar-refractivity contribution in [2.24, 2.45) is 0 Å². The summed E-state index contributed by atoms with van der Waals surface area (Å²) in [5.74, 6) is -2.45. The van der Waals surface area contributed by atoms with Gasteiger partial charge in [-0.25, -0.2) is 9.18 Å². The Balaban J connectivity index is 1.61. The van der Waals surface area contributed by atoms with E-state index in [1.165, 1.54) is 12.1 Å². The predicted molar refractivity (Wildman–Crippen MR) is 115 cm³/mol. The summed E-state index contributed by atoms with van der Waals surface area (Å²) in [7, 11) is 0. The quantitative estimate of drug-likeness (QED) is 0.494. The van der Waals surface area contributed by atoms with Crippen molar-refractivity contribution in [2.45, 2.75) is 50.2 Å². The van der Waals surface area contributed by atoms with Crippen molar-refractivity contribution in [1.29, 1.82) is 0 Å². The zero-order valence-electron chi connectivity index (χ0n) is 18.7. The lowest BCUT2D eigenvalue weighted by Gasteiger charge is -2.35. The summed E-state index contributed by atoms with van der Waals surface area (Å²) in [6.07, 6.45) is -5.37. The van der Waals surface area contributed by atoms with E-state index >= 15 is 0 Å². The summed E-state index contributed by atoms with van der Waals surface area (Å²) in [4.78, 5) is 40.4. The molecule has 2 aromatic rings. The van der Waals surface area contributed by atoms with Gasteiger partial charge in [0.1, 0.15) is 23.9 Å². The number of urea groups is 1. The fourth-order valence-electron chi connectivity index (χ4n) is 4.57. The Morgan fingerprint density at radius 3 is 2.51 bits per heavy atom. The lowest BCUT2D eigenvalue weighted by Crippen LogP contribution is -2.51. The Morgan fingerprint density at radius 1 is 1.20 bits per heavy atom. The number of rotatable bonds is 5. The molecule has 1 fully saturated rings. The minimum atomic E-state index is -4.77. The molecule has 186 valence electrons. The number of benzene rings is 2. The number of amides is 4. The van der Waals surface area contributed by atoms with Crippen molar-refractivity contribution >= 4 is 17.8 Å². The number of hydrogen-bond donors (Lipinski definition) is 2. The Hall–Kier alpha value is -3.47. The number of alkyl halides is 3. The van der Waals surface area contributed by atoms with Crippen LogP contribution in [0.4, 0.5) is 22.4 Å². The average molecular weight is 493 g/mol. The topological polar surface area (TPSA) is 90.0 Å². The first kappa shape index (κ1) is 24.6. The van der Waals surface area contributed by atoms with E-state index in [4.69, 9.17) is 0 Å². The fraction of sp³-hybridized carbons (Fsp3) is 0.375. The maximum Gasteiger partial charge on any atom is 0.408 e. The summed E-state index contributed by atoms with van der Waals surface area (Å²) < 4.78 is 53.9. The Bertz CT molecular complexity index is 1150. The summed E-state index contributed by atoms with van der Waals surface area (Å²) >= 11 is 0. The second-order valence-corrected chi connectivity index (χ2v) is 8.73. The molecular formula is C24H23F4N3O4. The number of hydrogen-bond acceptors (Lipinski definition) is 4. The molecule has 0 aromatic heterocycles. The molecule has 1 spiro atoms. The summed E-state index contributed by atoms with van der Waals surface area (Å²) in [5.41, 5.74) is -0.409. The van der Waals surface area contributed by atoms with Gasteiger partial charge in [-0.15, -0.1) is 0 Å². The molecule has 0 saturated carbocycles. The van der Waals surface area contributed by atoms with Crippen LogP contribution in [0.5, 0.6) is 0 Å². The monoisotopic (exact) mass is 493 g/mol. The molecule has 4 rings (SSSR count). The molecule has 1 aliphatic heterocycles. The molecule has 1 saturated heterocycles. The molecule has 11 heteroatoms. The molecule has 0 bridgehead atoms. The van der Waals surface area contributed by atoms with E-state index in [1.807, 2.05) is 0 Å². The van der Waals surface area contributed by atoms with Crippen molar-refractivity contribution in [2.75, 3.05) is 6.54 Å². The van der Waals surface area contributed by atoms with Gasteiger partial charge in [0, 0.05) is 6.54 Å². The molecule has 7 nitrogen and oxygen atoms in total. The van der Waals surface area contributed by atoms with Crippen LogP contribution in [0.3, 0.4) is 0 Å². The smallest absolute Gasteiger partial charge is 0.388 e. The first-order valence-corrected chi connectivity index (χ1v) is 11.0. The number of imide groups is 1. The highest BCUT2D eigenvalue weighted by Gasteiger charge is 2.56. The number of aliphatic hydroxyl groups excluding tert-OH is 1. The third-order valence-electron chi connectivity index (χ3n) is 6.57. The van der Waals surface area contributed by atoms with Crippen LogP contribution in [-0.2, 0) is 21.7 Å². The van der Waals surface area contributed by atoms with Crippen molar-refractivity contribution < 1.29 is 37.1 Å². The van der Waals surface area contributed by atoms with Crippen LogP contribution in [0.25, 0.3) is 0 Å². The number of carbonyl (C=O) groups is 3. The average Bonchev–Trinajstić information content (AvgIpc) is 3.05. The number of aliphatic hydroxyl groups is 1. The molecular weight excluding hydrogens is 470 g/mol. The lowest BCUT2D eigenvalue weighted by molar-refractivity contribution is -0.187. The van der Waals surface area contributed by atoms with Gasteiger partial charge in [0.05, 0.1) is 6.10 Å². The highest BCUT2D eigenvalue weighted by molar-refractivity contribution is 6.09. The van der Waals surface area contributed by atoms with Gasteiger partial charge in [-0.05, 0) is 48.6 Å². The van der Waals surface area contributed by atoms with Crippen LogP contribution < -0.4 is 5.32 Å². The van der Waals surface area contributed by atoms with Crippen molar-refractivity contribution in [3.8, 4) is 0 Å². The lowest BCUT2D eigenvalue weighted by atomic mass is 9.75. The van der Waals surface area contributed by atoms with Gasteiger partial charge in [-0.2, -0.15) is 13.2 Å². The fourth-order valence-corrected chi connectivity index (χ4v) is 4.57. The molecule has 3 atom stereocenters. The standard InChI is InChI=1S/C24H23F4N3O4/c1-14(24(26,27)28)30(12-15-6-8-16(25)9-7-15)20(33)13-31-21(34)23(29-22(31)35)11-10-19(32)17-4-2-3-5-18(17)23/h2-9,14,19,32H,10-13H2,1H3,(H,29,35)/t14-,19?,23?/m0/s1. The van der Waals surface area contributed by atoms with E-state index in [2.05, 4.69) is 5.32 Å². The molecule has 2 N–H and O–H groups in total. The minimum absolute atomic E-state index is 0.0681. The van der Waals surface area contributed by atoms with E-state index in [9.17, 15) is 37.1 Å². The first-order chi connectivity index (χ1) is 16.4. The van der Waals surface area contributed by atoms with E-state index in [-0.39, 0.29) is 18.4 Å². The minimum Gasteiger partial charge on any atom is -0.388 e. The van der Waals surface area contributed by atoms with Crippen LogP contribution in [-0.4, -0.2) is 51.5 Å². The first-order valence-electron chi connectivity index (χ1n) is 11.0. The van der Waals surface area contributed by atoms with Crippen LogP contribution in [0, 0.1) is 5.82 Å². The van der Waals surface area contributed by atoms with Gasteiger partial charge < -0.3 is 15.3 Å². The maximum absolute atomic E-state index is 13.5. The predicted octanol–water partition coefficient (Wildman–Crippen LogP) is 3.38. The number of carbonyl (C=O) groups excluding carboxylic acids is 3. The second kappa shape index (κ2) is 8.95. The zero-order valence-corrected chi connectivity index (χ0v) is 18.7. The third kappa shape index (κ3) is 4.47. The van der Waals surface area contributed by atoms with Gasteiger partial charge in [0.25, 0.3) is 5.91 Å². The summed E-state index contributed by atoms with van der Waals surface area (Å²) in [5, 5.41) is 12.9. The number of nitrogens with zero attached hydrogens (tertiary/aromatic N) is 2. The van der Waals surface area contributed by atoms with Crippen LogP contribution in [0.1, 0.15) is 42.6 Å². The largest absolute Gasteiger partial charge is 0.408 e. The Morgan fingerprint density at radius 2 is 1.86 bits per heavy atom. The van der Waals surface area contributed by atoms with E-state index < -0.39 is 60.6 Å². The molecule has 0 radical (unpaired) electrons. The van der Waals surface area contributed by atoms with Crippen molar-refractivity contribution in [1.82, 2.24) is 15.1 Å². The molecule has 2 unspecified atom stereocenters. The number of fused-ring (bicyclic) bond motifs is 2. The Labute approximate surface area is 198 Å². The molecule has 1 heterocycles. The van der Waals surface area contributed by atoms with Gasteiger partial charge in [0.15, 0.2) is 0 Å². The number of nitrogens with one attached hydrogen (secondary N) is 1. The van der Waals surface area contributed by atoms with Crippen molar-refractivity contribution in [3.05, 3.63) is 71.0 Å². The third-order valence-corrected chi connectivity index (χ3v) is 6.57. The molecule has 2 aliphatic rings. The van der Waals surface area contributed by atoms with E-state index in [0.29, 0.717) is 20.9 Å². The van der Waals surface area contributed by atoms with Gasteiger partial charge >= 0.3 is 12.2 Å². The summed E-state index contributed by atoms with van der Waals surface area (Å²) in [6, 6.07) is 8.04. The molecule has 1 aliphatic carbocycles. The van der Waals surface area contributed by atoms with E-state index in [0.717, 1.165) is 19.1 Å². The summed E-state index contributed by atoms with van der Waals surface area (Å²) in [6.45, 7) is -0.601. The molecule has 2 aromatic carbocycles. The van der Waals surface area contributed by atoms with Crippen LogP contribution >= 0.6 is 0 Å². The van der Waals surface area contributed by atoms with E-state index in [1.54, 1.807) is 24.3 Å². The normalized spacial score (nSPS) is 22.7.